The van der Waals surface area contributed by atoms with E-state index in [0.717, 1.165) is 21.5 Å². The third-order valence-electron chi connectivity index (χ3n) is 2.88. The molecule has 0 aromatic heterocycles. The second-order valence-electron chi connectivity index (χ2n) is 4.51. The molecule has 0 aliphatic carbocycles. The molecule has 0 saturated carbocycles. The second kappa shape index (κ2) is 8.70. The van der Waals surface area contributed by atoms with Gasteiger partial charge in [-0.25, -0.2) is 0 Å². The van der Waals surface area contributed by atoms with Gasteiger partial charge in [0, 0.05) is 15.9 Å². The van der Waals surface area contributed by atoms with Gasteiger partial charge >= 0.3 is 0 Å². The van der Waals surface area contributed by atoms with Gasteiger partial charge < -0.3 is 5.73 Å². The van der Waals surface area contributed by atoms with E-state index in [9.17, 15) is 4.21 Å². The summed E-state index contributed by atoms with van der Waals surface area (Å²) in [7, 11) is -0.913. The molecule has 0 saturated heterocycles. The zero-order chi connectivity index (χ0) is 13.4. The molecule has 0 fully saturated rings. The highest BCUT2D eigenvalue weighted by Gasteiger charge is 2.08. The van der Waals surface area contributed by atoms with Crippen LogP contribution in [0.15, 0.2) is 27.6 Å². The number of hydrogen-bond donors (Lipinski definition) is 1. The minimum absolute atomic E-state index is 0.696. The van der Waals surface area contributed by atoms with E-state index in [-0.39, 0.29) is 0 Å². The van der Waals surface area contributed by atoms with E-state index in [4.69, 9.17) is 5.73 Å². The van der Waals surface area contributed by atoms with Gasteiger partial charge in [-0.3, -0.25) is 4.21 Å². The molecular weight excluding hydrogens is 310 g/mol. The topological polar surface area (TPSA) is 43.1 Å². The number of rotatable bonds is 8. The molecule has 1 aromatic rings. The summed E-state index contributed by atoms with van der Waals surface area (Å²) in [5.41, 5.74) is 6.36. The van der Waals surface area contributed by atoms with Gasteiger partial charge in [0.2, 0.25) is 0 Å². The molecule has 1 rings (SSSR count). The fourth-order valence-corrected chi connectivity index (χ4v) is 3.95. The van der Waals surface area contributed by atoms with Crippen molar-refractivity contribution < 1.29 is 4.21 Å². The molecule has 1 unspecified atom stereocenters. The lowest BCUT2D eigenvalue weighted by molar-refractivity contribution is 0.622. The van der Waals surface area contributed by atoms with Crippen molar-refractivity contribution in [3.63, 3.8) is 0 Å². The monoisotopic (exact) mass is 331 g/mol. The van der Waals surface area contributed by atoms with Crippen LogP contribution in [0.5, 0.6) is 0 Å². The van der Waals surface area contributed by atoms with Gasteiger partial charge in [0.25, 0.3) is 0 Å². The van der Waals surface area contributed by atoms with Crippen LogP contribution in [0.3, 0.4) is 0 Å². The van der Waals surface area contributed by atoms with Crippen LogP contribution in [0, 0.1) is 0 Å². The smallest absolute Gasteiger partial charge is 0.0541 e. The van der Waals surface area contributed by atoms with Gasteiger partial charge in [0.15, 0.2) is 0 Å². The molecule has 0 amide bonds. The number of halogens is 1. The Kier molecular flexibility index (Phi) is 7.59. The molecule has 0 bridgehead atoms. The van der Waals surface area contributed by atoms with Crippen LogP contribution in [0.4, 0.5) is 5.69 Å². The summed E-state index contributed by atoms with van der Waals surface area (Å²) < 4.78 is 13.0. The summed E-state index contributed by atoms with van der Waals surface area (Å²) in [5.74, 6) is 0.745. The van der Waals surface area contributed by atoms with Gasteiger partial charge in [-0.15, -0.1) is 0 Å². The largest absolute Gasteiger partial charge is 0.399 e. The molecule has 0 heterocycles. The van der Waals surface area contributed by atoms with Crippen LogP contribution in [0.2, 0.25) is 0 Å². The number of unbranched alkanes of at least 4 members (excludes halogenated alkanes) is 5. The Labute approximate surface area is 121 Å². The quantitative estimate of drug-likeness (QED) is 0.563. The molecule has 102 valence electrons. The summed E-state index contributed by atoms with van der Waals surface area (Å²) in [6.45, 7) is 2.22. The maximum atomic E-state index is 12.1. The average molecular weight is 332 g/mol. The van der Waals surface area contributed by atoms with E-state index in [2.05, 4.69) is 22.9 Å². The SMILES string of the molecule is CCCCCCCCS(=O)c1ccc(N)cc1Br. The Morgan fingerprint density at radius 3 is 2.50 bits per heavy atom. The predicted molar refractivity (Wildman–Crippen MR) is 83.2 cm³/mol. The zero-order valence-corrected chi connectivity index (χ0v) is 13.4. The molecule has 1 aromatic carbocycles. The Balaban J connectivity index is 2.32. The number of anilines is 1. The Hall–Kier alpha value is -0.350. The number of hydrogen-bond acceptors (Lipinski definition) is 2. The maximum Gasteiger partial charge on any atom is 0.0541 e. The predicted octanol–water partition coefficient (Wildman–Crippen LogP) is 4.50. The van der Waals surface area contributed by atoms with E-state index in [1.807, 2.05) is 12.1 Å². The number of nitrogens with two attached hydrogens (primary N) is 1. The average Bonchev–Trinajstić information content (AvgIpc) is 2.33. The third-order valence-corrected chi connectivity index (χ3v) is 5.31. The van der Waals surface area contributed by atoms with Crippen LogP contribution < -0.4 is 5.73 Å². The third kappa shape index (κ3) is 5.53. The van der Waals surface area contributed by atoms with Gasteiger partial charge in [-0.05, 0) is 40.5 Å². The minimum atomic E-state index is -0.913. The summed E-state index contributed by atoms with van der Waals surface area (Å²) >= 11 is 3.42. The summed E-state index contributed by atoms with van der Waals surface area (Å²) in [5, 5.41) is 0. The van der Waals surface area contributed by atoms with Crippen LogP contribution in [0.25, 0.3) is 0 Å². The normalized spacial score (nSPS) is 12.6. The van der Waals surface area contributed by atoms with Crippen molar-refractivity contribution in [3.8, 4) is 0 Å². The van der Waals surface area contributed by atoms with Crippen LogP contribution in [0.1, 0.15) is 45.4 Å². The molecule has 4 heteroatoms. The molecule has 18 heavy (non-hydrogen) atoms. The fraction of sp³-hybridized carbons (Fsp3) is 0.571. The first-order valence-electron chi connectivity index (χ1n) is 6.58. The highest BCUT2D eigenvalue weighted by molar-refractivity contribution is 9.10. The molecule has 0 aliphatic rings. The lowest BCUT2D eigenvalue weighted by Gasteiger charge is -2.06. The van der Waals surface area contributed by atoms with Crippen LogP contribution in [-0.4, -0.2) is 9.96 Å². The van der Waals surface area contributed by atoms with Crippen LogP contribution in [-0.2, 0) is 10.8 Å². The second-order valence-corrected chi connectivity index (χ2v) is 6.90. The number of nitrogen functional groups attached to an aromatic ring is 1. The lowest BCUT2D eigenvalue weighted by Crippen LogP contribution is -2.00. The fourth-order valence-electron chi connectivity index (χ4n) is 1.83. The maximum absolute atomic E-state index is 12.1. The van der Waals surface area contributed by atoms with E-state index < -0.39 is 10.8 Å². The lowest BCUT2D eigenvalue weighted by atomic mass is 10.1. The van der Waals surface area contributed by atoms with Crippen molar-refractivity contribution >= 4 is 32.4 Å². The van der Waals surface area contributed by atoms with Crippen molar-refractivity contribution in [2.75, 3.05) is 11.5 Å². The van der Waals surface area contributed by atoms with E-state index in [0.29, 0.717) is 5.69 Å². The highest BCUT2D eigenvalue weighted by Crippen LogP contribution is 2.23. The highest BCUT2D eigenvalue weighted by atomic mass is 79.9. The van der Waals surface area contributed by atoms with Gasteiger partial charge in [0.05, 0.1) is 15.7 Å². The van der Waals surface area contributed by atoms with Crippen molar-refractivity contribution in [2.24, 2.45) is 0 Å². The Morgan fingerprint density at radius 1 is 1.17 bits per heavy atom. The summed E-state index contributed by atoms with van der Waals surface area (Å²) in [4.78, 5) is 0.859. The summed E-state index contributed by atoms with van der Waals surface area (Å²) in [6, 6.07) is 5.47. The number of benzene rings is 1. The van der Waals surface area contributed by atoms with Crippen LogP contribution >= 0.6 is 15.9 Å². The van der Waals surface area contributed by atoms with Gasteiger partial charge in [-0.1, -0.05) is 39.0 Å². The van der Waals surface area contributed by atoms with E-state index in [1.165, 1.54) is 32.1 Å². The first-order valence-corrected chi connectivity index (χ1v) is 8.69. The van der Waals surface area contributed by atoms with Crippen molar-refractivity contribution in [3.05, 3.63) is 22.7 Å². The first kappa shape index (κ1) is 15.7. The van der Waals surface area contributed by atoms with Gasteiger partial charge in [0.1, 0.15) is 0 Å². The Bertz CT molecular complexity index is 395. The molecule has 2 nitrogen and oxygen atoms in total. The minimum Gasteiger partial charge on any atom is -0.399 e. The Morgan fingerprint density at radius 2 is 1.83 bits per heavy atom. The molecule has 1 atom stereocenters. The first-order chi connectivity index (χ1) is 8.65. The van der Waals surface area contributed by atoms with Gasteiger partial charge in [-0.2, -0.15) is 0 Å². The molecule has 0 radical (unpaired) electrons. The van der Waals surface area contributed by atoms with E-state index >= 15 is 0 Å². The zero-order valence-electron chi connectivity index (χ0n) is 11.0. The molecule has 2 N–H and O–H groups in total. The van der Waals surface area contributed by atoms with Crippen molar-refractivity contribution in [1.82, 2.24) is 0 Å². The van der Waals surface area contributed by atoms with Crippen molar-refractivity contribution in [1.29, 1.82) is 0 Å². The summed E-state index contributed by atoms with van der Waals surface area (Å²) in [6.07, 6.45) is 7.35. The molecular formula is C14H22BrNOS. The molecule has 0 aliphatic heterocycles. The van der Waals surface area contributed by atoms with E-state index in [1.54, 1.807) is 6.07 Å². The molecule has 0 spiro atoms. The van der Waals surface area contributed by atoms with Crippen molar-refractivity contribution in [2.45, 2.75) is 50.3 Å². The standard InChI is InChI=1S/C14H22BrNOS/c1-2-3-4-5-6-7-10-18(17)14-9-8-12(16)11-13(14)15/h8-9,11H,2-7,10,16H2,1H3.